The Labute approximate surface area is 171 Å². The van der Waals surface area contributed by atoms with Crippen LogP contribution in [0.15, 0.2) is 36.4 Å². The Hall–Kier alpha value is -3.49. The number of halogens is 9. The second-order valence-corrected chi connectivity index (χ2v) is 5.69. The van der Waals surface area contributed by atoms with E-state index in [1.807, 2.05) is 0 Å². The first kappa shape index (κ1) is 24.8. The SMILES string of the molecule is O=C(NC(=O)c1c(F)cccc1F)Nc1ccc(OC(F)(F)C(F)OC(F)(F)F)cc1F. The van der Waals surface area contributed by atoms with Gasteiger partial charge in [-0.2, -0.15) is 8.78 Å². The van der Waals surface area contributed by atoms with Gasteiger partial charge in [0.1, 0.15) is 28.8 Å². The topological polar surface area (TPSA) is 76.7 Å². The summed E-state index contributed by atoms with van der Waals surface area (Å²) in [5.74, 6) is -6.80. The highest BCUT2D eigenvalue weighted by Crippen LogP contribution is 2.32. The van der Waals surface area contributed by atoms with Crippen LogP contribution in [0.1, 0.15) is 10.4 Å². The van der Waals surface area contributed by atoms with Crippen molar-refractivity contribution in [3.63, 3.8) is 0 Å². The number of urea groups is 1. The first-order chi connectivity index (χ1) is 14.7. The molecule has 1 unspecified atom stereocenters. The molecule has 0 saturated heterocycles. The van der Waals surface area contributed by atoms with Crippen LogP contribution in [0.5, 0.6) is 5.75 Å². The fraction of sp³-hybridized carbons (Fsp3) is 0.176. The van der Waals surface area contributed by atoms with E-state index in [-0.39, 0.29) is 6.07 Å². The van der Waals surface area contributed by atoms with Gasteiger partial charge in [0.05, 0.1) is 5.69 Å². The van der Waals surface area contributed by atoms with Gasteiger partial charge >= 0.3 is 24.9 Å². The third kappa shape index (κ3) is 6.50. The Morgan fingerprint density at radius 2 is 1.50 bits per heavy atom. The Kier molecular flexibility index (Phi) is 7.23. The molecule has 0 heterocycles. The first-order valence-electron chi connectivity index (χ1n) is 8.01. The molecule has 0 aliphatic carbocycles. The molecule has 32 heavy (non-hydrogen) atoms. The fourth-order valence-corrected chi connectivity index (χ4v) is 2.08. The van der Waals surface area contributed by atoms with Crippen molar-refractivity contribution in [1.82, 2.24) is 5.32 Å². The van der Waals surface area contributed by atoms with Gasteiger partial charge in [-0.1, -0.05) is 6.07 Å². The number of rotatable bonds is 6. The Bertz CT molecular complexity index is 994. The van der Waals surface area contributed by atoms with Crippen LogP contribution in [0, 0.1) is 17.5 Å². The van der Waals surface area contributed by atoms with Gasteiger partial charge in [0.25, 0.3) is 5.91 Å². The molecule has 6 nitrogen and oxygen atoms in total. The lowest BCUT2D eigenvalue weighted by Crippen LogP contribution is -2.41. The molecule has 0 aromatic heterocycles. The van der Waals surface area contributed by atoms with E-state index in [4.69, 9.17) is 0 Å². The van der Waals surface area contributed by atoms with Crippen LogP contribution < -0.4 is 15.4 Å². The minimum absolute atomic E-state index is 0.141. The Balaban J connectivity index is 2.05. The van der Waals surface area contributed by atoms with E-state index in [1.54, 1.807) is 5.32 Å². The van der Waals surface area contributed by atoms with Gasteiger partial charge in [0.2, 0.25) is 0 Å². The predicted octanol–water partition coefficient (Wildman–Crippen LogP) is 4.87. The van der Waals surface area contributed by atoms with Crippen LogP contribution in [0.25, 0.3) is 0 Å². The summed E-state index contributed by atoms with van der Waals surface area (Å²) in [6.07, 6.45) is -15.2. The number of benzene rings is 2. The third-order valence-corrected chi connectivity index (χ3v) is 3.36. The molecule has 15 heteroatoms. The maximum atomic E-state index is 14.0. The van der Waals surface area contributed by atoms with Crippen LogP contribution in [0.4, 0.5) is 50.0 Å². The molecule has 3 amide bonds. The first-order valence-corrected chi connectivity index (χ1v) is 8.01. The summed E-state index contributed by atoms with van der Waals surface area (Å²) in [7, 11) is 0. The molecule has 0 fully saturated rings. The quantitative estimate of drug-likeness (QED) is 0.584. The van der Waals surface area contributed by atoms with Crippen LogP contribution in [0.3, 0.4) is 0 Å². The lowest BCUT2D eigenvalue weighted by Gasteiger charge is -2.22. The van der Waals surface area contributed by atoms with Gasteiger partial charge in [-0.05, 0) is 24.3 Å². The molecule has 2 N–H and O–H groups in total. The number of amides is 3. The normalized spacial score (nSPS) is 12.8. The van der Waals surface area contributed by atoms with Gasteiger partial charge in [0.15, 0.2) is 0 Å². The second-order valence-electron chi connectivity index (χ2n) is 5.69. The average molecular weight is 476 g/mol. The van der Waals surface area contributed by atoms with Crippen molar-refractivity contribution < 1.29 is 58.6 Å². The van der Waals surface area contributed by atoms with Crippen molar-refractivity contribution in [2.45, 2.75) is 18.8 Å². The molecule has 2 aromatic rings. The number of hydrogen-bond acceptors (Lipinski definition) is 4. The van der Waals surface area contributed by atoms with Gasteiger partial charge in [-0.15, -0.1) is 13.2 Å². The summed E-state index contributed by atoms with van der Waals surface area (Å²) >= 11 is 0. The monoisotopic (exact) mass is 476 g/mol. The highest BCUT2D eigenvalue weighted by molar-refractivity contribution is 6.08. The number of hydrogen-bond donors (Lipinski definition) is 2. The number of anilines is 1. The van der Waals surface area contributed by atoms with E-state index < -0.39 is 65.2 Å². The third-order valence-electron chi connectivity index (χ3n) is 3.36. The molecular weight excluding hydrogens is 467 g/mol. The summed E-state index contributed by atoms with van der Waals surface area (Å²) in [5.41, 5.74) is -1.89. The number of alkyl halides is 6. The smallest absolute Gasteiger partial charge is 0.428 e. The van der Waals surface area contributed by atoms with Crippen LogP contribution in [0.2, 0.25) is 0 Å². The molecule has 0 spiro atoms. The number of ether oxygens (including phenoxy) is 2. The van der Waals surface area contributed by atoms with Crippen molar-refractivity contribution in [3.8, 4) is 5.75 Å². The van der Waals surface area contributed by atoms with Gasteiger partial charge in [0, 0.05) is 6.07 Å². The highest BCUT2D eigenvalue weighted by atomic mass is 19.4. The largest absolute Gasteiger partial charge is 0.525 e. The van der Waals surface area contributed by atoms with Gasteiger partial charge < -0.3 is 10.1 Å². The summed E-state index contributed by atoms with van der Waals surface area (Å²) in [6, 6.07) is 2.12. The van der Waals surface area contributed by atoms with E-state index in [0.29, 0.717) is 12.1 Å². The highest BCUT2D eigenvalue weighted by Gasteiger charge is 2.50. The summed E-state index contributed by atoms with van der Waals surface area (Å²) in [6.45, 7) is 0. The number of carbonyl (C=O) groups excluding carboxylic acids is 2. The minimum Gasteiger partial charge on any atom is -0.428 e. The summed E-state index contributed by atoms with van der Waals surface area (Å²) < 4.78 is 122. The van der Waals surface area contributed by atoms with Crippen LogP contribution in [-0.2, 0) is 4.74 Å². The maximum absolute atomic E-state index is 14.0. The van der Waals surface area contributed by atoms with Crippen molar-refractivity contribution in [3.05, 3.63) is 59.4 Å². The van der Waals surface area contributed by atoms with Crippen molar-refractivity contribution >= 4 is 17.6 Å². The van der Waals surface area contributed by atoms with E-state index in [2.05, 4.69) is 9.47 Å². The molecule has 1 atom stereocenters. The molecule has 0 saturated carbocycles. The van der Waals surface area contributed by atoms with E-state index in [9.17, 15) is 49.1 Å². The lowest BCUT2D eigenvalue weighted by atomic mass is 10.2. The fourth-order valence-electron chi connectivity index (χ4n) is 2.08. The molecule has 0 aliphatic heterocycles. The molecular formula is C17H9F9N2O4. The number of nitrogens with one attached hydrogen (secondary N) is 2. The Morgan fingerprint density at radius 1 is 0.906 bits per heavy atom. The lowest BCUT2D eigenvalue weighted by molar-refractivity contribution is -0.411. The summed E-state index contributed by atoms with van der Waals surface area (Å²) in [5, 5.41) is 3.20. The molecule has 0 aliphatic rings. The molecule has 0 bridgehead atoms. The molecule has 2 aromatic carbocycles. The maximum Gasteiger partial charge on any atom is 0.525 e. The average Bonchev–Trinajstić information content (AvgIpc) is 2.62. The zero-order valence-corrected chi connectivity index (χ0v) is 15.1. The van der Waals surface area contributed by atoms with Crippen molar-refractivity contribution in [2.75, 3.05) is 5.32 Å². The summed E-state index contributed by atoms with van der Waals surface area (Å²) in [4.78, 5) is 23.5. The van der Waals surface area contributed by atoms with Crippen molar-refractivity contribution in [2.24, 2.45) is 0 Å². The van der Waals surface area contributed by atoms with E-state index in [0.717, 1.165) is 18.2 Å². The standard InChI is InChI=1S/C17H9F9N2O4/c18-8-2-1-3-9(19)12(8)13(29)28-15(30)27-11-5-4-7(6-10(11)20)31-16(22,23)14(21)32-17(24,25)26/h1-6,14H,(H2,27,28,29,30). The molecule has 0 radical (unpaired) electrons. The minimum atomic E-state index is -5.75. The zero-order chi connectivity index (χ0) is 24.3. The number of carbonyl (C=O) groups is 2. The molecule has 174 valence electrons. The number of imide groups is 1. The van der Waals surface area contributed by atoms with Crippen LogP contribution in [-0.4, -0.2) is 30.8 Å². The Morgan fingerprint density at radius 3 is 2.03 bits per heavy atom. The second kappa shape index (κ2) is 9.33. The molecule has 2 rings (SSSR count). The van der Waals surface area contributed by atoms with Gasteiger partial charge in [-0.3, -0.25) is 10.1 Å². The van der Waals surface area contributed by atoms with E-state index in [1.165, 1.54) is 5.32 Å². The predicted molar refractivity (Wildman–Crippen MR) is 86.9 cm³/mol. The zero-order valence-electron chi connectivity index (χ0n) is 15.1. The van der Waals surface area contributed by atoms with Gasteiger partial charge in [-0.25, -0.2) is 27.1 Å². The van der Waals surface area contributed by atoms with Crippen molar-refractivity contribution in [1.29, 1.82) is 0 Å². The van der Waals surface area contributed by atoms with E-state index >= 15 is 0 Å². The van der Waals surface area contributed by atoms with Crippen LogP contribution >= 0.6 is 0 Å².